The van der Waals surface area contributed by atoms with Gasteiger partial charge in [-0.1, -0.05) is 12.1 Å². The fourth-order valence-electron chi connectivity index (χ4n) is 0.980. The van der Waals surface area contributed by atoms with Crippen LogP contribution in [0.25, 0.3) is 0 Å². The summed E-state index contributed by atoms with van der Waals surface area (Å²) >= 11 is 1.74. The van der Waals surface area contributed by atoms with Crippen molar-refractivity contribution < 1.29 is 12.6 Å². The second-order valence-corrected chi connectivity index (χ2v) is 3.47. The van der Waals surface area contributed by atoms with Crippen LogP contribution in [0.15, 0.2) is 24.3 Å². The Bertz CT molecular complexity index is 323. The van der Waals surface area contributed by atoms with E-state index in [0.717, 1.165) is 0 Å². The van der Waals surface area contributed by atoms with E-state index < -0.39 is 0 Å². The Hall–Kier alpha value is -0.780. The van der Waals surface area contributed by atoms with E-state index in [2.05, 4.69) is 0 Å². The summed E-state index contributed by atoms with van der Waals surface area (Å²) in [4.78, 5) is 11.5. The van der Waals surface area contributed by atoms with Crippen molar-refractivity contribution in [3.8, 4) is 5.75 Å². The molecule has 0 N–H and O–H groups in total. The third-order valence-corrected chi connectivity index (χ3v) is 2.01. The van der Waals surface area contributed by atoms with Crippen LogP contribution in [0, 0.1) is 0 Å². The smallest absolute Gasteiger partial charge is 0.342 e. The quantitative estimate of drug-likeness (QED) is 0.636. The molecule has 4 heteroatoms. The van der Waals surface area contributed by atoms with E-state index in [9.17, 15) is 4.79 Å². The van der Waals surface area contributed by atoms with Crippen molar-refractivity contribution in [1.82, 2.24) is 0 Å². The Labute approximate surface area is 97.1 Å². The monoisotopic (exact) mass is 306 g/mol. The molecule has 0 saturated carbocycles. The second-order valence-electron chi connectivity index (χ2n) is 3.03. The molecule has 0 bridgehead atoms. The second kappa shape index (κ2) is 5.19. The topological polar surface area (TPSA) is 35.5 Å². The third-order valence-electron chi connectivity index (χ3n) is 1.53. The summed E-state index contributed by atoms with van der Waals surface area (Å²) in [7, 11) is 0. The Morgan fingerprint density at radius 1 is 1.36 bits per heavy atom. The average Bonchev–Trinajstić information content (AvgIpc) is 2.16. The lowest BCUT2D eigenvalue weighted by Gasteiger charge is -2.09. The predicted molar refractivity (Wildman–Crippen MR) is 61.6 cm³/mol. The lowest BCUT2D eigenvalue weighted by atomic mass is 10.2. The molecule has 0 aliphatic heterocycles. The Kier molecular flexibility index (Phi) is 4.19. The number of hydrogen-bond acceptors (Lipinski definition) is 3. The molecule has 0 unspecified atom stereocenters. The first-order valence-electron chi connectivity index (χ1n) is 4.23. The summed E-state index contributed by atoms with van der Waals surface area (Å²) in [5.41, 5.74) is 0.454. The number of ether oxygens (including phenoxy) is 1. The van der Waals surface area contributed by atoms with Gasteiger partial charge in [0.1, 0.15) is 11.3 Å². The van der Waals surface area contributed by atoms with Crippen molar-refractivity contribution in [3.05, 3.63) is 29.8 Å². The maximum absolute atomic E-state index is 11.5. The van der Waals surface area contributed by atoms with Gasteiger partial charge in [0.25, 0.3) is 0 Å². The van der Waals surface area contributed by atoms with Gasteiger partial charge in [0.05, 0.1) is 6.10 Å². The highest BCUT2D eigenvalue weighted by atomic mass is 127. The summed E-state index contributed by atoms with van der Waals surface area (Å²) in [5, 5.41) is 0. The maximum atomic E-state index is 11.5. The highest BCUT2D eigenvalue weighted by Crippen LogP contribution is 2.21. The molecule has 1 aromatic carbocycles. The predicted octanol–water partition coefficient (Wildman–Crippen LogP) is 2.98. The van der Waals surface area contributed by atoms with Crippen LogP contribution in [-0.4, -0.2) is 12.1 Å². The van der Waals surface area contributed by atoms with Gasteiger partial charge >= 0.3 is 5.97 Å². The Balaban J connectivity index is 2.88. The number of carbonyl (C=O) groups is 1. The number of para-hydroxylation sites is 1. The van der Waals surface area contributed by atoms with Gasteiger partial charge < -0.3 is 7.80 Å². The van der Waals surface area contributed by atoms with E-state index in [1.54, 1.807) is 47.3 Å². The van der Waals surface area contributed by atoms with Gasteiger partial charge in [-0.25, -0.2) is 4.79 Å². The van der Waals surface area contributed by atoms with Crippen LogP contribution in [0.3, 0.4) is 0 Å². The van der Waals surface area contributed by atoms with Crippen LogP contribution in [0.4, 0.5) is 0 Å². The summed E-state index contributed by atoms with van der Waals surface area (Å²) in [6.07, 6.45) is -0.121. The average molecular weight is 306 g/mol. The molecule has 76 valence electrons. The Morgan fingerprint density at radius 3 is 2.57 bits per heavy atom. The molecule has 1 aromatic rings. The van der Waals surface area contributed by atoms with E-state index in [-0.39, 0.29) is 12.1 Å². The van der Waals surface area contributed by atoms with Crippen LogP contribution >= 0.6 is 23.0 Å². The zero-order valence-electron chi connectivity index (χ0n) is 7.99. The molecule has 0 aliphatic carbocycles. The minimum atomic E-state index is -0.354. The van der Waals surface area contributed by atoms with Crippen molar-refractivity contribution in [2.75, 3.05) is 0 Å². The minimum Gasteiger partial charge on any atom is -0.459 e. The molecule has 0 saturated heterocycles. The van der Waals surface area contributed by atoms with Gasteiger partial charge in [-0.05, 0) is 26.0 Å². The lowest BCUT2D eigenvalue weighted by Crippen LogP contribution is -2.12. The first-order chi connectivity index (χ1) is 6.65. The number of hydrogen-bond donors (Lipinski definition) is 0. The van der Waals surface area contributed by atoms with E-state index in [1.165, 1.54) is 0 Å². The third kappa shape index (κ3) is 2.87. The molecule has 14 heavy (non-hydrogen) atoms. The lowest BCUT2D eigenvalue weighted by molar-refractivity contribution is 0.0376. The Morgan fingerprint density at radius 2 is 2.00 bits per heavy atom. The molecule has 0 radical (unpaired) electrons. The van der Waals surface area contributed by atoms with Gasteiger partial charge in [0.2, 0.25) is 0 Å². The van der Waals surface area contributed by atoms with E-state index >= 15 is 0 Å². The molecule has 0 fully saturated rings. The van der Waals surface area contributed by atoms with Crippen LogP contribution in [0.2, 0.25) is 0 Å². The zero-order valence-corrected chi connectivity index (χ0v) is 10.1. The molecule has 0 heterocycles. The number of halogens is 1. The van der Waals surface area contributed by atoms with Crippen molar-refractivity contribution >= 4 is 29.0 Å². The molecule has 0 atom stereocenters. The van der Waals surface area contributed by atoms with E-state index in [4.69, 9.17) is 7.80 Å². The van der Waals surface area contributed by atoms with Crippen molar-refractivity contribution in [1.29, 1.82) is 0 Å². The van der Waals surface area contributed by atoms with E-state index in [1.807, 2.05) is 13.8 Å². The first-order valence-corrected chi connectivity index (χ1v) is 5.12. The molecule has 3 nitrogen and oxygen atoms in total. The zero-order chi connectivity index (χ0) is 10.6. The van der Waals surface area contributed by atoms with Crippen LogP contribution < -0.4 is 3.07 Å². The number of rotatable bonds is 3. The summed E-state index contributed by atoms with van der Waals surface area (Å²) in [5.74, 6) is 0.172. The highest BCUT2D eigenvalue weighted by Gasteiger charge is 2.14. The van der Waals surface area contributed by atoms with Crippen LogP contribution in [-0.2, 0) is 4.74 Å². The molecule has 0 spiro atoms. The molecule has 0 aliphatic rings. The maximum Gasteiger partial charge on any atom is 0.342 e. The van der Waals surface area contributed by atoms with Crippen LogP contribution in [0.1, 0.15) is 24.2 Å². The summed E-state index contributed by atoms with van der Waals surface area (Å²) < 4.78 is 10.1. The number of benzene rings is 1. The van der Waals surface area contributed by atoms with Crippen LogP contribution in [0.5, 0.6) is 5.75 Å². The van der Waals surface area contributed by atoms with Crippen molar-refractivity contribution in [2.45, 2.75) is 20.0 Å². The fourth-order valence-corrected chi connectivity index (χ4v) is 1.36. The minimum absolute atomic E-state index is 0.121. The van der Waals surface area contributed by atoms with Gasteiger partial charge in [0, 0.05) is 0 Å². The standard InChI is InChI=1S/C10H11IO3/c1-7(2)13-10(12)8-5-3-4-6-9(8)14-11/h3-7H,1-2H3. The summed E-state index contributed by atoms with van der Waals surface area (Å²) in [6.45, 7) is 3.62. The molecule has 0 aromatic heterocycles. The first kappa shape index (κ1) is 11.3. The largest absolute Gasteiger partial charge is 0.459 e. The fraction of sp³-hybridized carbons (Fsp3) is 0.300. The van der Waals surface area contributed by atoms with Gasteiger partial charge in [-0.3, -0.25) is 0 Å². The molecule has 0 amide bonds. The molecule has 1 rings (SSSR count). The van der Waals surface area contributed by atoms with E-state index in [0.29, 0.717) is 11.3 Å². The van der Waals surface area contributed by atoms with Gasteiger partial charge in [-0.15, -0.1) is 0 Å². The van der Waals surface area contributed by atoms with Gasteiger partial charge in [0.15, 0.2) is 23.0 Å². The number of carbonyl (C=O) groups excluding carboxylic acids is 1. The molecular formula is C10H11IO3. The SMILES string of the molecule is CC(C)OC(=O)c1ccccc1OI. The van der Waals surface area contributed by atoms with Crippen molar-refractivity contribution in [2.24, 2.45) is 0 Å². The molecular weight excluding hydrogens is 295 g/mol. The van der Waals surface area contributed by atoms with Crippen molar-refractivity contribution in [3.63, 3.8) is 0 Å². The highest BCUT2D eigenvalue weighted by molar-refractivity contribution is 14.1. The number of esters is 1. The summed E-state index contributed by atoms with van der Waals surface area (Å²) in [6, 6.07) is 6.98. The normalized spacial score (nSPS) is 10.0. The van der Waals surface area contributed by atoms with Gasteiger partial charge in [-0.2, -0.15) is 0 Å².